The second-order valence-corrected chi connectivity index (χ2v) is 5.63. The Bertz CT molecular complexity index is 889. The Hall–Kier alpha value is -2.79. The highest BCUT2D eigenvalue weighted by Gasteiger charge is 2.16. The van der Waals surface area contributed by atoms with Crippen molar-refractivity contribution in [2.75, 3.05) is 12.4 Å². The average molecular weight is 342 g/mol. The molecule has 24 heavy (non-hydrogen) atoms. The van der Waals surface area contributed by atoms with Gasteiger partial charge in [0.05, 0.1) is 35.9 Å². The summed E-state index contributed by atoms with van der Waals surface area (Å²) in [7, 11) is 1.56. The van der Waals surface area contributed by atoms with Crippen LogP contribution in [0, 0.1) is 6.92 Å². The molecule has 0 aliphatic carbocycles. The highest BCUT2D eigenvalue weighted by molar-refractivity contribution is 6.30. The number of aromatic nitrogens is 2. The van der Waals surface area contributed by atoms with Gasteiger partial charge in [-0.3, -0.25) is 4.79 Å². The third-order valence-electron chi connectivity index (χ3n) is 3.66. The molecule has 122 valence electrons. The van der Waals surface area contributed by atoms with E-state index in [1.807, 2.05) is 31.2 Å². The minimum atomic E-state index is -0.245. The number of anilines is 1. The highest BCUT2D eigenvalue weighted by atomic mass is 35.5. The van der Waals surface area contributed by atoms with Crippen molar-refractivity contribution in [2.24, 2.45) is 0 Å². The van der Waals surface area contributed by atoms with Crippen LogP contribution in [0.2, 0.25) is 5.02 Å². The van der Waals surface area contributed by atoms with Crippen LogP contribution in [0.25, 0.3) is 5.69 Å². The van der Waals surface area contributed by atoms with Gasteiger partial charge in [-0.05, 0) is 37.3 Å². The summed E-state index contributed by atoms with van der Waals surface area (Å²) in [4.78, 5) is 12.6. The smallest absolute Gasteiger partial charge is 0.259 e. The zero-order valence-corrected chi connectivity index (χ0v) is 14.0. The molecule has 1 heterocycles. The Morgan fingerprint density at radius 1 is 1.21 bits per heavy atom. The highest BCUT2D eigenvalue weighted by Crippen LogP contribution is 2.24. The van der Waals surface area contributed by atoms with Gasteiger partial charge in [0.2, 0.25) is 0 Å². The molecule has 1 N–H and O–H groups in total. The Morgan fingerprint density at radius 2 is 2.00 bits per heavy atom. The summed E-state index contributed by atoms with van der Waals surface area (Å²) >= 11 is 6.02. The molecule has 0 radical (unpaired) electrons. The lowest BCUT2D eigenvalue weighted by atomic mass is 10.2. The maximum Gasteiger partial charge on any atom is 0.259 e. The first-order valence-electron chi connectivity index (χ1n) is 7.35. The summed E-state index contributed by atoms with van der Waals surface area (Å²) in [6.07, 6.45) is 1.54. The van der Waals surface area contributed by atoms with Crippen molar-refractivity contribution in [1.82, 2.24) is 9.78 Å². The third kappa shape index (κ3) is 3.12. The average Bonchev–Trinajstić information content (AvgIpc) is 2.97. The molecule has 6 heteroatoms. The molecule has 1 aromatic heterocycles. The SMILES string of the molecule is COc1ccccc1NC(=O)c1cnn(-c2cccc(Cl)c2)c1C. The fourth-order valence-electron chi connectivity index (χ4n) is 2.44. The molecule has 0 aliphatic heterocycles. The van der Waals surface area contributed by atoms with Gasteiger partial charge >= 0.3 is 0 Å². The van der Waals surface area contributed by atoms with Gasteiger partial charge < -0.3 is 10.1 Å². The maximum atomic E-state index is 12.6. The second kappa shape index (κ2) is 6.76. The maximum absolute atomic E-state index is 12.6. The van der Waals surface area contributed by atoms with E-state index in [1.54, 1.807) is 42.3 Å². The van der Waals surface area contributed by atoms with Crippen LogP contribution in [0.5, 0.6) is 5.75 Å². The molecule has 5 nitrogen and oxygen atoms in total. The van der Waals surface area contributed by atoms with E-state index in [4.69, 9.17) is 16.3 Å². The van der Waals surface area contributed by atoms with Crippen molar-refractivity contribution in [2.45, 2.75) is 6.92 Å². The van der Waals surface area contributed by atoms with Crippen molar-refractivity contribution in [1.29, 1.82) is 0 Å². The van der Waals surface area contributed by atoms with Gasteiger partial charge in [0.15, 0.2) is 0 Å². The zero-order valence-electron chi connectivity index (χ0n) is 13.3. The molecule has 0 bridgehead atoms. The summed E-state index contributed by atoms with van der Waals surface area (Å²) in [6.45, 7) is 1.84. The molecular weight excluding hydrogens is 326 g/mol. The number of hydrogen-bond donors (Lipinski definition) is 1. The van der Waals surface area contributed by atoms with Crippen LogP contribution < -0.4 is 10.1 Å². The minimum Gasteiger partial charge on any atom is -0.495 e. The quantitative estimate of drug-likeness (QED) is 0.777. The summed E-state index contributed by atoms with van der Waals surface area (Å²) < 4.78 is 6.93. The fourth-order valence-corrected chi connectivity index (χ4v) is 2.62. The van der Waals surface area contributed by atoms with E-state index in [1.165, 1.54) is 0 Å². The van der Waals surface area contributed by atoms with E-state index in [0.717, 1.165) is 11.4 Å². The first-order valence-corrected chi connectivity index (χ1v) is 7.73. The predicted octanol–water partition coefficient (Wildman–Crippen LogP) is 4.10. The van der Waals surface area contributed by atoms with Crippen LogP contribution >= 0.6 is 11.6 Å². The Labute approximate surface area is 144 Å². The van der Waals surface area contributed by atoms with Crippen molar-refractivity contribution >= 4 is 23.2 Å². The normalized spacial score (nSPS) is 10.5. The summed E-state index contributed by atoms with van der Waals surface area (Å²) in [6, 6.07) is 14.6. The minimum absolute atomic E-state index is 0.245. The molecule has 3 rings (SSSR count). The van der Waals surface area contributed by atoms with Gasteiger partial charge in [0.1, 0.15) is 5.75 Å². The number of amides is 1. The Morgan fingerprint density at radius 3 is 2.75 bits per heavy atom. The number of rotatable bonds is 4. The van der Waals surface area contributed by atoms with Gasteiger partial charge in [-0.1, -0.05) is 29.8 Å². The number of carbonyl (C=O) groups excluding carboxylic acids is 1. The van der Waals surface area contributed by atoms with E-state index >= 15 is 0 Å². The first-order chi connectivity index (χ1) is 11.6. The molecule has 2 aromatic carbocycles. The van der Waals surface area contributed by atoms with Crippen LogP contribution in [-0.4, -0.2) is 22.8 Å². The summed E-state index contributed by atoms with van der Waals surface area (Å²) in [5, 5.41) is 7.76. The molecule has 0 aliphatic rings. The molecule has 0 unspecified atom stereocenters. The number of carbonyl (C=O) groups is 1. The fraction of sp³-hybridized carbons (Fsp3) is 0.111. The molecule has 0 saturated carbocycles. The lowest BCUT2D eigenvalue weighted by Gasteiger charge is -2.10. The third-order valence-corrected chi connectivity index (χ3v) is 3.90. The van der Waals surface area contributed by atoms with Gasteiger partial charge in [0, 0.05) is 5.02 Å². The van der Waals surface area contributed by atoms with Crippen LogP contribution in [-0.2, 0) is 0 Å². The van der Waals surface area contributed by atoms with E-state index in [9.17, 15) is 4.79 Å². The number of para-hydroxylation sites is 2. The summed E-state index contributed by atoms with van der Waals surface area (Å²) in [5.74, 6) is 0.357. The monoisotopic (exact) mass is 341 g/mol. The van der Waals surface area contributed by atoms with Crippen molar-refractivity contribution in [3.8, 4) is 11.4 Å². The molecule has 1 amide bonds. The number of nitrogens with one attached hydrogen (secondary N) is 1. The predicted molar refractivity (Wildman–Crippen MR) is 94.3 cm³/mol. The second-order valence-electron chi connectivity index (χ2n) is 5.19. The van der Waals surface area contributed by atoms with E-state index < -0.39 is 0 Å². The Kier molecular flexibility index (Phi) is 4.53. The first kappa shape index (κ1) is 16.1. The number of nitrogens with zero attached hydrogens (tertiary/aromatic N) is 2. The molecular formula is C18H16ClN3O2. The number of hydrogen-bond acceptors (Lipinski definition) is 3. The van der Waals surface area contributed by atoms with E-state index in [-0.39, 0.29) is 5.91 Å². The molecule has 0 fully saturated rings. The molecule has 0 spiro atoms. The molecule has 0 saturated heterocycles. The van der Waals surface area contributed by atoms with Gasteiger partial charge in [-0.15, -0.1) is 0 Å². The van der Waals surface area contributed by atoms with Crippen LogP contribution in [0.1, 0.15) is 16.1 Å². The zero-order chi connectivity index (χ0) is 17.1. The van der Waals surface area contributed by atoms with Gasteiger partial charge in [-0.2, -0.15) is 5.10 Å². The van der Waals surface area contributed by atoms with Gasteiger partial charge in [0.25, 0.3) is 5.91 Å². The van der Waals surface area contributed by atoms with Crippen LogP contribution in [0.3, 0.4) is 0 Å². The molecule has 3 aromatic rings. The number of methoxy groups -OCH3 is 1. The molecule has 0 atom stereocenters. The van der Waals surface area contributed by atoms with Crippen molar-refractivity contribution in [3.05, 3.63) is 71.0 Å². The van der Waals surface area contributed by atoms with Crippen molar-refractivity contribution in [3.63, 3.8) is 0 Å². The largest absolute Gasteiger partial charge is 0.495 e. The van der Waals surface area contributed by atoms with E-state index in [2.05, 4.69) is 10.4 Å². The summed E-state index contributed by atoms with van der Waals surface area (Å²) in [5.41, 5.74) is 2.63. The topological polar surface area (TPSA) is 56.1 Å². The number of benzene rings is 2. The van der Waals surface area contributed by atoms with Crippen LogP contribution in [0.4, 0.5) is 5.69 Å². The van der Waals surface area contributed by atoms with E-state index in [0.29, 0.717) is 22.0 Å². The number of ether oxygens (including phenoxy) is 1. The lowest BCUT2D eigenvalue weighted by Crippen LogP contribution is -2.13. The Balaban J connectivity index is 1.89. The number of halogens is 1. The van der Waals surface area contributed by atoms with Crippen molar-refractivity contribution < 1.29 is 9.53 Å². The van der Waals surface area contributed by atoms with Gasteiger partial charge in [-0.25, -0.2) is 4.68 Å². The standard InChI is InChI=1S/C18H16ClN3O2/c1-12-15(11-20-22(12)14-7-5-6-13(19)10-14)18(23)21-16-8-3-4-9-17(16)24-2/h3-11H,1-2H3,(H,21,23). The lowest BCUT2D eigenvalue weighted by molar-refractivity contribution is 0.102. The van der Waals surface area contributed by atoms with Crippen LogP contribution in [0.15, 0.2) is 54.7 Å².